The predicted molar refractivity (Wildman–Crippen MR) is 86.4 cm³/mol. The molecular formula is C18H24BrN. The van der Waals surface area contributed by atoms with E-state index in [2.05, 4.69) is 40.2 Å². The Morgan fingerprint density at radius 1 is 1.05 bits per heavy atom. The average Bonchev–Trinajstić information content (AvgIpc) is 2.40. The van der Waals surface area contributed by atoms with Gasteiger partial charge >= 0.3 is 0 Å². The smallest absolute Gasteiger partial charge is 0.0207 e. The van der Waals surface area contributed by atoms with Crippen LogP contribution < -0.4 is 5.73 Å². The van der Waals surface area contributed by atoms with E-state index in [0.717, 1.165) is 24.2 Å². The molecule has 4 aliphatic rings. The lowest BCUT2D eigenvalue weighted by atomic mass is 9.47. The van der Waals surface area contributed by atoms with Crippen LogP contribution in [0.15, 0.2) is 28.7 Å². The van der Waals surface area contributed by atoms with Gasteiger partial charge in [-0.1, -0.05) is 34.1 Å². The molecule has 4 saturated carbocycles. The molecule has 0 aromatic heterocycles. The summed E-state index contributed by atoms with van der Waals surface area (Å²) in [6.45, 7) is 0. The molecule has 0 amide bonds. The minimum Gasteiger partial charge on any atom is -0.327 e. The fourth-order valence-corrected chi connectivity index (χ4v) is 6.20. The van der Waals surface area contributed by atoms with Crippen LogP contribution in [0.3, 0.4) is 0 Å². The average molecular weight is 334 g/mol. The van der Waals surface area contributed by atoms with Gasteiger partial charge < -0.3 is 5.73 Å². The summed E-state index contributed by atoms with van der Waals surface area (Å²) in [5.41, 5.74) is 8.60. The van der Waals surface area contributed by atoms with Crippen LogP contribution in [0.1, 0.15) is 44.1 Å². The Morgan fingerprint density at radius 3 is 2.15 bits per heavy atom. The van der Waals surface area contributed by atoms with Crippen molar-refractivity contribution in [2.45, 2.75) is 51.0 Å². The van der Waals surface area contributed by atoms with Gasteiger partial charge in [-0.15, -0.1) is 0 Å². The fourth-order valence-electron chi connectivity index (χ4n) is 5.75. The first-order valence-electron chi connectivity index (χ1n) is 8.14. The Balaban J connectivity index is 1.56. The summed E-state index contributed by atoms with van der Waals surface area (Å²) < 4.78 is 1.22. The number of nitrogens with two attached hydrogens (primary N) is 1. The molecule has 108 valence electrons. The molecule has 1 nitrogen and oxygen atoms in total. The molecule has 0 saturated heterocycles. The lowest BCUT2D eigenvalue weighted by Gasteiger charge is -2.59. The third-order valence-corrected chi connectivity index (χ3v) is 7.04. The molecule has 1 atom stereocenters. The number of halogens is 1. The second-order valence-corrected chi connectivity index (χ2v) is 8.54. The van der Waals surface area contributed by atoms with Crippen LogP contribution in [0.25, 0.3) is 0 Å². The molecule has 0 radical (unpaired) electrons. The van der Waals surface area contributed by atoms with Gasteiger partial charge in [0.15, 0.2) is 0 Å². The molecule has 1 aromatic carbocycles. The Hall–Kier alpha value is -0.340. The Labute approximate surface area is 130 Å². The van der Waals surface area contributed by atoms with Crippen molar-refractivity contribution >= 4 is 15.9 Å². The van der Waals surface area contributed by atoms with Gasteiger partial charge in [0.25, 0.3) is 0 Å². The van der Waals surface area contributed by atoms with E-state index < -0.39 is 0 Å². The maximum Gasteiger partial charge on any atom is 0.0207 e. The van der Waals surface area contributed by atoms with Crippen molar-refractivity contribution in [3.63, 3.8) is 0 Å². The molecule has 20 heavy (non-hydrogen) atoms. The van der Waals surface area contributed by atoms with Crippen LogP contribution >= 0.6 is 15.9 Å². The largest absolute Gasteiger partial charge is 0.327 e. The Kier molecular flexibility index (Phi) is 3.23. The van der Waals surface area contributed by atoms with Crippen molar-refractivity contribution in [2.75, 3.05) is 0 Å². The van der Waals surface area contributed by atoms with E-state index in [4.69, 9.17) is 5.73 Å². The molecule has 4 bridgehead atoms. The van der Waals surface area contributed by atoms with Crippen LogP contribution in [0.4, 0.5) is 0 Å². The van der Waals surface area contributed by atoms with E-state index in [9.17, 15) is 0 Å². The normalized spacial score (nSPS) is 40.0. The number of rotatable bonds is 3. The fraction of sp³-hybridized carbons (Fsp3) is 0.667. The van der Waals surface area contributed by atoms with Crippen molar-refractivity contribution in [3.8, 4) is 0 Å². The highest BCUT2D eigenvalue weighted by Gasteiger charge is 2.53. The van der Waals surface area contributed by atoms with Crippen molar-refractivity contribution in [1.29, 1.82) is 0 Å². The minimum atomic E-state index is 0.342. The molecule has 2 heteroatoms. The zero-order valence-electron chi connectivity index (χ0n) is 12.0. The van der Waals surface area contributed by atoms with Gasteiger partial charge in [0.1, 0.15) is 0 Å². The quantitative estimate of drug-likeness (QED) is 0.863. The Morgan fingerprint density at radius 2 is 1.60 bits per heavy atom. The van der Waals surface area contributed by atoms with Gasteiger partial charge in [-0.2, -0.15) is 0 Å². The van der Waals surface area contributed by atoms with Gasteiger partial charge in [0.2, 0.25) is 0 Å². The highest BCUT2D eigenvalue weighted by atomic mass is 79.9. The zero-order chi connectivity index (χ0) is 13.7. The summed E-state index contributed by atoms with van der Waals surface area (Å²) in [6, 6.07) is 8.93. The second-order valence-electron chi connectivity index (χ2n) is 7.68. The number of hydrogen-bond donors (Lipinski definition) is 1. The second kappa shape index (κ2) is 4.84. The maximum absolute atomic E-state index is 6.75. The molecule has 4 fully saturated rings. The lowest BCUT2D eigenvalue weighted by Crippen LogP contribution is -2.55. The van der Waals surface area contributed by atoms with Crippen LogP contribution in [-0.2, 0) is 6.42 Å². The van der Waals surface area contributed by atoms with Crippen molar-refractivity contribution in [2.24, 2.45) is 28.9 Å². The SMILES string of the molecule is NC(Cc1ccccc1Br)C12CC3CC(CC(C3)C1)C2. The summed E-state index contributed by atoms with van der Waals surface area (Å²) in [6.07, 6.45) is 9.76. The summed E-state index contributed by atoms with van der Waals surface area (Å²) in [5.74, 6) is 2.98. The first-order valence-corrected chi connectivity index (χ1v) is 8.93. The molecule has 0 spiro atoms. The standard InChI is InChI=1S/C18H24BrN/c19-16-4-2-1-3-15(16)8-17(20)18-9-12-5-13(10-18)7-14(6-12)11-18/h1-4,12-14,17H,5-11,20H2. The molecule has 0 heterocycles. The number of benzene rings is 1. The first kappa shape index (κ1) is 13.3. The van der Waals surface area contributed by atoms with Crippen LogP contribution in [0, 0.1) is 23.2 Å². The van der Waals surface area contributed by atoms with Crippen molar-refractivity contribution in [3.05, 3.63) is 34.3 Å². The topological polar surface area (TPSA) is 26.0 Å². The van der Waals surface area contributed by atoms with E-state index in [1.165, 1.54) is 48.6 Å². The molecular weight excluding hydrogens is 310 g/mol. The first-order chi connectivity index (χ1) is 9.64. The maximum atomic E-state index is 6.75. The lowest BCUT2D eigenvalue weighted by molar-refractivity contribution is -0.0667. The Bertz CT molecular complexity index is 475. The zero-order valence-corrected chi connectivity index (χ0v) is 13.6. The molecule has 5 rings (SSSR count). The van der Waals surface area contributed by atoms with E-state index in [0.29, 0.717) is 11.5 Å². The van der Waals surface area contributed by atoms with Crippen LogP contribution in [0.2, 0.25) is 0 Å². The molecule has 1 aromatic rings. The number of hydrogen-bond acceptors (Lipinski definition) is 1. The molecule has 4 aliphatic carbocycles. The van der Waals surface area contributed by atoms with E-state index >= 15 is 0 Å². The summed E-state index contributed by atoms with van der Waals surface area (Å²) in [7, 11) is 0. The van der Waals surface area contributed by atoms with E-state index in [1.807, 2.05) is 0 Å². The minimum absolute atomic E-state index is 0.342. The van der Waals surface area contributed by atoms with Gasteiger partial charge in [-0.05, 0) is 79.7 Å². The molecule has 1 unspecified atom stereocenters. The van der Waals surface area contributed by atoms with Gasteiger partial charge in [-0.3, -0.25) is 0 Å². The van der Waals surface area contributed by atoms with Crippen LogP contribution in [-0.4, -0.2) is 6.04 Å². The summed E-state index contributed by atoms with van der Waals surface area (Å²) in [5, 5.41) is 0. The van der Waals surface area contributed by atoms with Crippen molar-refractivity contribution in [1.82, 2.24) is 0 Å². The van der Waals surface area contributed by atoms with Crippen LogP contribution in [0.5, 0.6) is 0 Å². The molecule has 0 aliphatic heterocycles. The molecule has 2 N–H and O–H groups in total. The van der Waals surface area contributed by atoms with Gasteiger partial charge in [0.05, 0.1) is 0 Å². The monoisotopic (exact) mass is 333 g/mol. The van der Waals surface area contributed by atoms with Gasteiger partial charge in [0, 0.05) is 10.5 Å². The van der Waals surface area contributed by atoms with E-state index in [1.54, 1.807) is 0 Å². The third-order valence-electron chi connectivity index (χ3n) is 6.27. The van der Waals surface area contributed by atoms with Gasteiger partial charge in [-0.25, -0.2) is 0 Å². The van der Waals surface area contributed by atoms with Crippen molar-refractivity contribution < 1.29 is 0 Å². The van der Waals surface area contributed by atoms with E-state index in [-0.39, 0.29) is 0 Å². The highest BCUT2D eigenvalue weighted by molar-refractivity contribution is 9.10. The predicted octanol–water partition coefficient (Wildman–Crippen LogP) is 4.54. The summed E-state index contributed by atoms with van der Waals surface area (Å²) >= 11 is 3.68. The highest BCUT2D eigenvalue weighted by Crippen LogP contribution is 2.61. The third kappa shape index (κ3) is 2.16. The summed E-state index contributed by atoms with van der Waals surface area (Å²) in [4.78, 5) is 0.